The zero-order chi connectivity index (χ0) is 15.8. The molecule has 0 aliphatic heterocycles. The maximum Gasteiger partial charge on any atom is 0.220 e. The molecular formula is C18H20ClNO2. The molecule has 2 aromatic rings. The summed E-state index contributed by atoms with van der Waals surface area (Å²) in [7, 11) is 0. The Bertz CT molecular complexity index is 614. The van der Waals surface area contributed by atoms with Crippen molar-refractivity contribution in [2.24, 2.45) is 0 Å². The topological polar surface area (TPSA) is 38.3 Å². The molecule has 116 valence electrons. The molecule has 0 unspecified atom stereocenters. The fraction of sp³-hybridized carbons (Fsp3) is 0.278. The second-order valence-corrected chi connectivity index (χ2v) is 5.53. The summed E-state index contributed by atoms with van der Waals surface area (Å²) in [6.45, 7) is 3.02. The van der Waals surface area contributed by atoms with Crippen LogP contribution in [0.5, 0.6) is 5.75 Å². The van der Waals surface area contributed by atoms with Gasteiger partial charge in [-0.1, -0.05) is 41.9 Å². The Hall–Kier alpha value is -2.00. The Morgan fingerprint density at radius 2 is 1.95 bits per heavy atom. The average Bonchev–Trinajstić information content (AvgIpc) is 2.54. The quantitative estimate of drug-likeness (QED) is 0.780. The Labute approximate surface area is 136 Å². The van der Waals surface area contributed by atoms with Crippen LogP contribution in [0.3, 0.4) is 0 Å². The molecule has 0 fully saturated rings. The summed E-state index contributed by atoms with van der Waals surface area (Å²) >= 11 is 5.96. The van der Waals surface area contributed by atoms with Crippen molar-refractivity contribution >= 4 is 17.5 Å². The number of benzene rings is 2. The summed E-state index contributed by atoms with van der Waals surface area (Å²) in [5.41, 5.74) is 2.09. The van der Waals surface area contributed by atoms with Gasteiger partial charge in [0.25, 0.3) is 0 Å². The van der Waals surface area contributed by atoms with Crippen molar-refractivity contribution in [2.75, 3.05) is 6.61 Å². The van der Waals surface area contributed by atoms with Crippen molar-refractivity contribution in [1.82, 2.24) is 5.32 Å². The lowest BCUT2D eigenvalue weighted by molar-refractivity contribution is -0.121. The van der Waals surface area contributed by atoms with E-state index in [2.05, 4.69) is 5.32 Å². The van der Waals surface area contributed by atoms with E-state index in [9.17, 15) is 4.79 Å². The van der Waals surface area contributed by atoms with Crippen LogP contribution in [0.25, 0.3) is 0 Å². The Kier molecular flexibility index (Phi) is 6.28. The highest BCUT2D eigenvalue weighted by atomic mass is 35.5. The molecular weight excluding hydrogens is 298 g/mol. The molecule has 0 atom stereocenters. The van der Waals surface area contributed by atoms with Crippen molar-refractivity contribution in [3.8, 4) is 5.75 Å². The summed E-state index contributed by atoms with van der Waals surface area (Å²) in [6.07, 6.45) is 1.14. The van der Waals surface area contributed by atoms with Gasteiger partial charge < -0.3 is 10.1 Å². The van der Waals surface area contributed by atoms with E-state index >= 15 is 0 Å². The maximum atomic E-state index is 11.7. The van der Waals surface area contributed by atoms with Crippen LogP contribution in [0.4, 0.5) is 0 Å². The van der Waals surface area contributed by atoms with Gasteiger partial charge in [0.2, 0.25) is 5.91 Å². The van der Waals surface area contributed by atoms with E-state index in [4.69, 9.17) is 16.3 Å². The third-order valence-electron chi connectivity index (χ3n) is 3.28. The molecule has 3 nitrogen and oxygen atoms in total. The van der Waals surface area contributed by atoms with Crippen molar-refractivity contribution in [3.05, 3.63) is 64.7 Å². The summed E-state index contributed by atoms with van der Waals surface area (Å²) < 4.78 is 5.62. The second-order valence-electron chi connectivity index (χ2n) is 5.13. The normalized spacial score (nSPS) is 10.3. The zero-order valence-corrected chi connectivity index (χ0v) is 13.4. The number of nitrogens with one attached hydrogen (secondary N) is 1. The van der Waals surface area contributed by atoms with Gasteiger partial charge in [-0.3, -0.25) is 4.79 Å². The first-order valence-corrected chi connectivity index (χ1v) is 7.72. The number of carbonyl (C=O) groups excluding carboxylic acids is 1. The summed E-state index contributed by atoms with van der Waals surface area (Å²) in [6, 6.07) is 15.4. The van der Waals surface area contributed by atoms with E-state index in [1.165, 1.54) is 0 Å². The minimum Gasteiger partial charge on any atom is -0.494 e. The number of carbonyl (C=O) groups is 1. The molecule has 0 radical (unpaired) electrons. The van der Waals surface area contributed by atoms with Crippen LogP contribution in [0.2, 0.25) is 5.02 Å². The first kappa shape index (κ1) is 16.4. The molecule has 0 bridgehead atoms. The average molecular weight is 318 g/mol. The minimum absolute atomic E-state index is 0.0414. The van der Waals surface area contributed by atoms with Gasteiger partial charge in [-0.05, 0) is 42.7 Å². The van der Waals surface area contributed by atoms with E-state index < -0.39 is 0 Å². The number of rotatable bonds is 7. The highest BCUT2D eigenvalue weighted by molar-refractivity contribution is 6.31. The number of amides is 1. The van der Waals surface area contributed by atoms with Gasteiger partial charge in [0.1, 0.15) is 5.75 Å². The number of hydrogen-bond donors (Lipinski definition) is 1. The molecule has 2 aromatic carbocycles. The van der Waals surface area contributed by atoms with Crippen LogP contribution >= 0.6 is 11.6 Å². The largest absolute Gasteiger partial charge is 0.494 e. The summed E-state index contributed by atoms with van der Waals surface area (Å²) in [5.74, 6) is 0.825. The van der Waals surface area contributed by atoms with Gasteiger partial charge in [-0.2, -0.15) is 0 Å². The SMILES string of the molecule is Cc1cc(OCCCC(=O)NCc2ccccc2)ccc1Cl. The molecule has 2 rings (SSSR count). The smallest absolute Gasteiger partial charge is 0.220 e. The van der Waals surface area contributed by atoms with Crippen LogP contribution in [0.1, 0.15) is 24.0 Å². The fourth-order valence-corrected chi connectivity index (χ4v) is 2.13. The van der Waals surface area contributed by atoms with Crippen LogP contribution < -0.4 is 10.1 Å². The molecule has 0 aliphatic carbocycles. The van der Waals surface area contributed by atoms with E-state index in [0.29, 0.717) is 26.0 Å². The Morgan fingerprint density at radius 3 is 2.68 bits per heavy atom. The lowest BCUT2D eigenvalue weighted by Crippen LogP contribution is -2.22. The second kappa shape index (κ2) is 8.44. The van der Waals surface area contributed by atoms with Crippen molar-refractivity contribution in [3.63, 3.8) is 0 Å². The third-order valence-corrected chi connectivity index (χ3v) is 3.70. The van der Waals surface area contributed by atoms with Gasteiger partial charge in [0.15, 0.2) is 0 Å². The monoisotopic (exact) mass is 317 g/mol. The van der Waals surface area contributed by atoms with Gasteiger partial charge in [-0.15, -0.1) is 0 Å². The molecule has 1 N–H and O–H groups in total. The molecule has 1 amide bonds. The zero-order valence-electron chi connectivity index (χ0n) is 12.6. The summed E-state index contributed by atoms with van der Waals surface area (Å²) in [4.78, 5) is 11.7. The lowest BCUT2D eigenvalue weighted by Gasteiger charge is -2.08. The Morgan fingerprint density at radius 1 is 1.18 bits per heavy atom. The maximum absolute atomic E-state index is 11.7. The first-order valence-electron chi connectivity index (χ1n) is 7.35. The molecule has 0 aliphatic rings. The third kappa shape index (κ3) is 5.41. The predicted molar refractivity (Wildman–Crippen MR) is 89.2 cm³/mol. The summed E-state index contributed by atoms with van der Waals surface area (Å²) in [5, 5.41) is 3.63. The van der Waals surface area contributed by atoms with E-state index in [0.717, 1.165) is 21.9 Å². The van der Waals surface area contributed by atoms with Gasteiger partial charge >= 0.3 is 0 Å². The van der Waals surface area contributed by atoms with Crippen molar-refractivity contribution < 1.29 is 9.53 Å². The van der Waals surface area contributed by atoms with Crippen LogP contribution in [0.15, 0.2) is 48.5 Å². The number of hydrogen-bond acceptors (Lipinski definition) is 2. The minimum atomic E-state index is 0.0414. The molecule has 0 saturated heterocycles. The van der Waals surface area contributed by atoms with Crippen LogP contribution in [-0.2, 0) is 11.3 Å². The molecule has 0 saturated carbocycles. The number of halogens is 1. The van der Waals surface area contributed by atoms with Crippen LogP contribution in [0, 0.1) is 6.92 Å². The predicted octanol–water partition coefficient (Wildman–Crippen LogP) is 4.12. The van der Waals surface area contributed by atoms with E-state index in [1.54, 1.807) is 0 Å². The number of aryl methyl sites for hydroxylation is 1. The molecule has 22 heavy (non-hydrogen) atoms. The number of ether oxygens (including phenoxy) is 1. The van der Waals surface area contributed by atoms with Crippen molar-refractivity contribution in [2.45, 2.75) is 26.3 Å². The first-order chi connectivity index (χ1) is 10.6. The van der Waals surface area contributed by atoms with Gasteiger partial charge in [0, 0.05) is 18.0 Å². The van der Waals surface area contributed by atoms with E-state index in [1.807, 2.05) is 55.5 Å². The van der Waals surface area contributed by atoms with Crippen molar-refractivity contribution in [1.29, 1.82) is 0 Å². The lowest BCUT2D eigenvalue weighted by atomic mass is 10.2. The molecule has 0 heterocycles. The van der Waals surface area contributed by atoms with E-state index in [-0.39, 0.29) is 5.91 Å². The molecule has 0 aromatic heterocycles. The van der Waals surface area contributed by atoms with Crippen LogP contribution in [-0.4, -0.2) is 12.5 Å². The standard InChI is InChI=1S/C18H20ClNO2/c1-14-12-16(9-10-17(14)19)22-11-5-8-18(21)20-13-15-6-3-2-4-7-15/h2-4,6-7,9-10,12H,5,8,11,13H2,1H3,(H,20,21). The van der Waals surface area contributed by atoms with Gasteiger partial charge in [0.05, 0.1) is 6.61 Å². The highest BCUT2D eigenvalue weighted by Crippen LogP contribution is 2.21. The highest BCUT2D eigenvalue weighted by Gasteiger charge is 2.02. The molecule has 0 spiro atoms. The Balaban J connectivity index is 1.63. The fourth-order valence-electron chi connectivity index (χ4n) is 2.01. The molecule has 4 heteroatoms. The van der Waals surface area contributed by atoms with Gasteiger partial charge in [-0.25, -0.2) is 0 Å².